The molecule has 0 aromatic heterocycles. The molecule has 0 saturated carbocycles. The average molecular weight is 305 g/mol. The van der Waals surface area contributed by atoms with Crippen molar-refractivity contribution >= 4 is 10.2 Å². The minimum Gasteiger partial charge on any atom is -0.376 e. The van der Waals surface area contributed by atoms with E-state index in [1.165, 1.54) is 4.31 Å². The zero-order chi connectivity index (χ0) is 14.9. The summed E-state index contributed by atoms with van der Waals surface area (Å²) >= 11 is 0. The SMILES string of the molecule is CC(C)N1C[C@@H](C)[C@@H](NS(=O)(=O)N2CCO[C@H](C)C2)C1. The lowest BCUT2D eigenvalue weighted by Gasteiger charge is -2.31. The van der Waals surface area contributed by atoms with Crippen LogP contribution in [0.2, 0.25) is 0 Å². The highest BCUT2D eigenvalue weighted by atomic mass is 32.2. The number of ether oxygens (including phenoxy) is 1. The van der Waals surface area contributed by atoms with Gasteiger partial charge in [-0.3, -0.25) is 4.90 Å². The maximum Gasteiger partial charge on any atom is 0.279 e. The van der Waals surface area contributed by atoms with Crippen molar-refractivity contribution < 1.29 is 13.2 Å². The van der Waals surface area contributed by atoms with Crippen molar-refractivity contribution in [2.75, 3.05) is 32.8 Å². The monoisotopic (exact) mass is 305 g/mol. The van der Waals surface area contributed by atoms with Gasteiger partial charge in [-0.2, -0.15) is 17.4 Å². The van der Waals surface area contributed by atoms with Crippen LogP contribution in [0, 0.1) is 5.92 Å². The Labute approximate surface area is 122 Å². The molecular formula is C13H27N3O3S. The third-order valence-electron chi connectivity index (χ3n) is 4.21. The lowest BCUT2D eigenvalue weighted by atomic mass is 10.1. The van der Waals surface area contributed by atoms with Crippen molar-refractivity contribution in [2.45, 2.75) is 45.9 Å². The van der Waals surface area contributed by atoms with E-state index in [2.05, 4.69) is 30.4 Å². The predicted molar refractivity (Wildman–Crippen MR) is 78.7 cm³/mol. The molecule has 0 radical (unpaired) electrons. The first-order chi connectivity index (χ1) is 9.29. The molecule has 0 aromatic rings. The highest BCUT2D eigenvalue weighted by Gasteiger charge is 2.36. The Morgan fingerprint density at radius 2 is 1.90 bits per heavy atom. The van der Waals surface area contributed by atoms with Gasteiger partial charge < -0.3 is 4.74 Å². The molecule has 20 heavy (non-hydrogen) atoms. The van der Waals surface area contributed by atoms with Crippen LogP contribution in [-0.4, -0.2) is 68.6 Å². The van der Waals surface area contributed by atoms with Crippen LogP contribution in [0.25, 0.3) is 0 Å². The molecule has 1 N–H and O–H groups in total. The molecule has 2 heterocycles. The molecule has 0 unspecified atom stereocenters. The average Bonchev–Trinajstić information content (AvgIpc) is 2.70. The molecule has 2 rings (SSSR count). The van der Waals surface area contributed by atoms with E-state index in [1.807, 2.05) is 6.92 Å². The first-order valence-electron chi connectivity index (χ1n) is 7.42. The van der Waals surface area contributed by atoms with Gasteiger partial charge in [-0.25, -0.2) is 0 Å². The van der Waals surface area contributed by atoms with Crippen molar-refractivity contribution in [3.8, 4) is 0 Å². The van der Waals surface area contributed by atoms with E-state index in [-0.39, 0.29) is 12.1 Å². The number of hydrogen-bond acceptors (Lipinski definition) is 4. The summed E-state index contributed by atoms with van der Waals surface area (Å²) in [4.78, 5) is 2.32. The molecule has 2 aliphatic rings. The fourth-order valence-electron chi connectivity index (χ4n) is 2.85. The van der Waals surface area contributed by atoms with Crippen LogP contribution in [0.5, 0.6) is 0 Å². The number of likely N-dealkylation sites (tertiary alicyclic amines) is 1. The summed E-state index contributed by atoms with van der Waals surface area (Å²) in [6, 6.07) is 0.455. The van der Waals surface area contributed by atoms with Crippen molar-refractivity contribution in [1.29, 1.82) is 0 Å². The van der Waals surface area contributed by atoms with Gasteiger partial charge >= 0.3 is 0 Å². The Morgan fingerprint density at radius 3 is 2.45 bits per heavy atom. The van der Waals surface area contributed by atoms with Crippen LogP contribution >= 0.6 is 0 Å². The maximum absolute atomic E-state index is 12.4. The van der Waals surface area contributed by atoms with Crippen LogP contribution < -0.4 is 4.72 Å². The highest BCUT2D eigenvalue weighted by molar-refractivity contribution is 7.87. The van der Waals surface area contributed by atoms with Gasteiger partial charge in [-0.1, -0.05) is 6.92 Å². The van der Waals surface area contributed by atoms with Crippen molar-refractivity contribution in [3.63, 3.8) is 0 Å². The zero-order valence-corrected chi connectivity index (χ0v) is 13.7. The maximum atomic E-state index is 12.4. The lowest BCUT2D eigenvalue weighted by Crippen LogP contribution is -2.52. The second-order valence-electron chi connectivity index (χ2n) is 6.29. The number of morpholine rings is 1. The summed E-state index contributed by atoms with van der Waals surface area (Å²) in [6.07, 6.45) is -0.0338. The molecule has 118 valence electrons. The largest absolute Gasteiger partial charge is 0.376 e. The fourth-order valence-corrected chi connectivity index (χ4v) is 4.41. The van der Waals surface area contributed by atoms with Crippen molar-refractivity contribution in [1.82, 2.24) is 13.9 Å². The van der Waals surface area contributed by atoms with Crippen molar-refractivity contribution in [3.05, 3.63) is 0 Å². The lowest BCUT2D eigenvalue weighted by molar-refractivity contribution is 0.00963. The smallest absolute Gasteiger partial charge is 0.279 e. The van der Waals surface area contributed by atoms with E-state index < -0.39 is 10.2 Å². The van der Waals surface area contributed by atoms with Gasteiger partial charge in [0.1, 0.15) is 0 Å². The standard InChI is InChI=1S/C13H27N3O3S/c1-10(2)15-7-11(3)13(9-15)14-20(17,18)16-5-6-19-12(4)8-16/h10-14H,5-9H2,1-4H3/t11-,12-,13+/m1/s1. The predicted octanol–water partition coefficient (Wildman–Crippen LogP) is 0.270. The number of nitrogens with zero attached hydrogens (tertiary/aromatic N) is 2. The van der Waals surface area contributed by atoms with Gasteiger partial charge in [-0.15, -0.1) is 0 Å². The Morgan fingerprint density at radius 1 is 1.20 bits per heavy atom. The normalized spacial score (nSPS) is 34.0. The van der Waals surface area contributed by atoms with E-state index in [1.54, 1.807) is 0 Å². The van der Waals surface area contributed by atoms with E-state index >= 15 is 0 Å². The molecule has 0 bridgehead atoms. The van der Waals surface area contributed by atoms with Gasteiger partial charge in [0, 0.05) is 38.3 Å². The second-order valence-corrected chi connectivity index (χ2v) is 8.00. The summed E-state index contributed by atoms with van der Waals surface area (Å²) in [7, 11) is -3.41. The summed E-state index contributed by atoms with van der Waals surface area (Å²) < 4.78 is 34.7. The number of nitrogens with one attached hydrogen (secondary N) is 1. The molecule has 0 spiro atoms. The van der Waals surface area contributed by atoms with Crippen LogP contribution in [0.3, 0.4) is 0 Å². The molecule has 0 amide bonds. The van der Waals surface area contributed by atoms with Crippen molar-refractivity contribution in [2.24, 2.45) is 5.92 Å². The van der Waals surface area contributed by atoms with Gasteiger partial charge in [0.15, 0.2) is 0 Å². The Balaban J connectivity index is 1.98. The quantitative estimate of drug-likeness (QED) is 0.810. The number of rotatable bonds is 4. The van der Waals surface area contributed by atoms with E-state index in [4.69, 9.17) is 4.74 Å². The Bertz CT molecular complexity index is 427. The van der Waals surface area contributed by atoms with Crippen LogP contribution in [-0.2, 0) is 14.9 Å². The third kappa shape index (κ3) is 3.71. The summed E-state index contributed by atoms with van der Waals surface area (Å²) in [6.45, 7) is 11.4. The van der Waals surface area contributed by atoms with Gasteiger partial charge in [0.2, 0.25) is 0 Å². The highest BCUT2D eigenvalue weighted by Crippen LogP contribution is 2.20. The van der Waals surface area contributed by atoms with E-state index in [9.17, 15) is 8.42 Å². The molecule has 6 nitrogen and oxygen atoms in total. The summed E-state index contributed by atoms with van der Waals surface area (Å²) in [5, 5.41) is 0. The fraction of sp³-hybridized carbons (Fsp3) is 1.00. The molecular weight excluding hydrogens is 278 g/mol. The summed E-state index contributed by atoms with van der Waals surface area (Å²) in [5.41, 5.74) is 0. The Hall–Kier alpha value is -0.210. The molecule has 7 heteroatoms. The van der Waals surface area contributed by atoms with E-state index in [0.29, 0.717) is 31.7 Å². The molecule has 3 atom stereocenters. The van der Waals surface area contributed by atoms with Crippen LogP contribution in [0.1, 0.15) is 27.7 Å². The van der Waals surface area contributed by atoms with Crippen LogP contribution in [0.15, 0.2) is 0 Å². The van der Waals surface area contributed by atoms with Gasteiger partial charge in [0.05, 0.1) is 12.7 Å². The summed E-state index contributed by atoms with van der Waals surface area (Å²) in [5.74, 6) is 0.339. The molecule has 0 aromatic carbocycles. The first-order valence-corrected chi connectivity index (χ1v) is 8.86. The van der Waals surface area contributed by atoms with Gasteiger partial charge in [-0.05, 0) is 26.7 Å². The zero-order valence-electron chi connectivity index (χ0n) is 12.9. The second kappa shape index (κ2) is 6.27. The molecule has 0 aliphatic carbocycles. The van der Waals surface area contributed by atoms with Gasteiger partial charge in [0.25, 0.3) is 10.2 Å². The Kier molecular flexibility index (Phi) is 5.07. The minimum absolute atomic E-state index is 0.000510. The minimum atomic E-state index is -3.41. The molecule has 2 fully saturated rings. The molecule has 2 saturated heterocycles. The number of hydrogen-bond donors (Lipinski definition) is 1. The molecule has 2 aliphatic heterocycles. The third-order valence-corrected chi connectivity index (χ3v) is 5.83. The van der Waals surface area contributed by atoms with E-state index in [0.717, 1.165) is 13.1 Å². The topological polar surface area (TPSA) is 61.9 Å². The van der Waals surface area contributed by atoms with Crippen LogP contribution in [0.4, 0.5) is 0 Å². The first kappa shape index (κ1) is 16.2.